The lowest BCUT2D eigenvalue weighted by Crippen LogP contribution is -2.25. The summed E-state index contributed by atoms with van der Waals surface area (Å²) in [6.07, 6.45) is 3.58. The van der Waals surface area contributed by atoms with Crippen LogP contribution >= 0.6 is 15.9 Å². The van der Waals surface area contributed by atoms with Crippen molar-refractivity contribution in [1.29, 1.82) is 0 Å². The van der Waals surface area contributed by atoms with Gasteiger partial charge in [-0.1, -0.05) is 41.9 Å². The van der Waals surface area contributed by atoms with Gasteiger partial charge in [0.25, 0.3) is 0 Å². The van der Waals surface area contributed by atoms with Gasteiger partial charge >= 0.3 is 0 Å². The van der Waals surface area contributed by atoms with E-state index in [1.54, 1.807) is 7.11 Å². The van der Waals surface area contributed by atoms with E-state index in [0.29, 0.717) is 5.41 Å². The summed E-state index contributed by atoms with van der Waals surface area (Å²) < 4.78 is 6.17. The van der Waals surface area contributed by atoms with Gasteiger partial charge in [-0.05, 0) is 48.9 Å². The van der Waals surface area contributed by atoms with Gasteiger partial charge in [0.05, 0.1) is 6.61 Å². The molecule has 0 amide bonds. The van der Waals surface area contributed by atoms with E-state index in [0.717, 1.165) is 30.6 Å². The average Bonchev–Trinajstić information content (AvgIpc) is 2.38. The summed E-state index contributed by atoms with van der Waals surface area (Å²) in [4.78, 5) is 0. The van der Waals surface area contributed by atoms with Gasteiger partial charge in [-0.15, -0.1) is 0 Å². The molecule has 1 rings (SSSR count). The largest absolute Gasteiger partial charge is 0.383 e. The maximum Gasteiger partial charge on any atom is 0.0587 e. The highest BCUT2D eigenvalue weighted by atomic mass is 79.9. The average molecular weight is 328 g/mol. The van der Waals surface area contributed by atoms with Crippen molar-refractivity contribution in [3.63, 3.8) is 0 Å². The standard InChI is InChI=1S/C16H26BrNO/c1-16(2,10-11-18-12-13-19-3)9-8-14-4-6-15(17)7-5-14/h4-7,18H,8-13H2,1-3H3. The van der Waals surface area contributed by atoms with Crippen molar-refractivity contribution >= 4 is 15.9 Å². The maximum absolute atomic E-state index is 5.02. The predicted molar refractivity (Wildman–Crippen MR) is 85.6 cm³/mol. The number of benzene rings is 1. The Labute approximate surface area is 126 Å². The van der Waals surface area contributed by atoms with Gasteiger partial charge in [0, 0.05) is 18.1 Å². The second-order valence-corrected chi connectivity index (χ2v) is 6.70. The molecule has 0 heterocycles. The van der Waals surface area contributed by atoms with E-state index < -0.39 is 0 Å². The molecule has 0 aromatic heterocycles. The first-order valence-electron chi connectivity index (χ1n) is 6.98. The van der Waals surface area contributed by atoms with E-state index in [9.17, 15) is 0 Å². The van der Waals surface area contributed by atoms with Crippen LogP contribution in [-0.2, 0) is 11.2 Å². The molecule has 0 aliphatic heterocycles. The van der Waals surface area contributed by atoms with E-state index in [-0.39, 0.29) is 0 Å². The maximum atomic E-state index is 5.02. The fraction of sp³-hybridized carbons (Fsp3) is 0.625. The summed E-state index contributed by atoms with van der Waals surface area (Å²) in [5.41, 5.74) is 1.80. The SMILES string of the molecule is COCCNCCC(C)(C)CCc1ccc(Br)cc1. The highest BCUT2D eigenvalue weighted by Crippen LogP contribution is 2.26. The molecule has 0 unspecified atom stereocenters. The summed E-state index contributed by atoms with van der Waals surface area (Å²) in [6.45, 7) is 7.50. The zero-order valence-electron chi connectivity index (χ0n) is 12.3. The number of hydrogen-bond donors (Lipinski definition) is 1. The zero-order valence-corrected chi connectivity index (χ0v) is 13.9. The first-order chi connectivity index (χ1) is 9.03. The molecule has 0 bridgehead atoms. The minimum atomic E-state index is 0.382. The number of hydrogen-bond acceptors (Lipinski definition) is 2. The van der Waals surface area contributed by atoms with Gasteiger partial charge in [-0.25, -0.2) is 0 Å². The van der Waals surface area contributed by atoms with E-state index >= 15 is 0 Å². The summed E-state index contributed by atoms with van der Waals surface area (Å²) in [6, 6.07) is 8.65. The fourth-order valence-electron chi connectivity index (χ4n) is 1.98. The van der Waals surface area contributed by atoms with Crippen LogP contribution in [0.1, 0.15) is 32.3 Å². The van der Waals surface area contributed by atoms with Gasteiger partial charge in [0.1, 0.15) is 0 Å². The number of ether oxygens (including phenoxy) is 1. The Morgan fingerprint density at radius 3 is 2.42 bits per heavy atom. The fourth-order valence-corrected chi connectivity index (χ4v) is 2.25. The van der Waals surface area contributed by atoms with Crippen molar-refractivity contribution < 1.29 is 4.74 Å². The molecule has 108 valence electrons. The minimum absolute atomic E-state index is 0.382. The molecule has 0 saturated heterocycles. The number of nitrogens with one attached hydrogen (secondary N) is 1. The quantitative estimate of drug-likeness (QED) is 0.691. The molecule has 0 saturated carbocycles. The van der Waals surface area contributed by atoms with Crippen molar-refractivity contribution in [2.75, 3.05) is 26.8 Å². The third-order valence-electron chi connectivity index (χ3n) is 3.47. The highest BCUT2D eigenvalue weighted by Gasteiger charge is 2.16. The van der Waals surface area contributed by atoms with Gasteiger partial charge in [0.2, 0.25) is 0 Å². The molecule has 3 heteroatoms. The molecule has 19 heavy (non-hydrogen) atoms. The zero-order chi connectivity index (χ0) is 14.1. The Balaban J connectivity index is 2.24. The van der Waals surface area contributed by atoms with Crippen LogP contribution in [0.4, 0.5) is 0 Å². The second-order valence-electron chi connectivity index (χ2n) is 5.78. The van der Waals surface area contributed by atoms with Crippen LogP contribution in [-0.4, -0.2) is 26.8 Å². The lowest BCUT2D eigenvalue weighted by Gasteiger charge is -2.25. The molecule has 1 N–H and O–H groups in total. The van der Waals surface area contributed by atoms with Crippen molar-refractivity contribution in [1.82, 2.24) is 5.32 Å². The van der Waals surface area contributed by atoms with Crippen LogP contribution in [0.5, 0.6) is 0 Å². The molecule has 1 aromatic carbocycles. The lowest BCUT2D eigenvalue weighted by atomic mass is 9.83. The van der Waals surface area contributed by atoms with E-state index in [1.165, 1.54) is 18.4 Å². The van der Waals surface area contributed by atoms with Crippen LogP contribution in [0.3, 0.4) is 0 Å². The molecule has 0 aliphatic carbocycles. The number of halogens is 1. The monoisotopic (exact) mass is 327 g/mol. The lowest BCUT2D eigenvalue weighted by molar-refractivity contribution is 0.197. The van der Waals surface area contributed by atoms with Crippen molar-refractivity contribution in [3.8, 4) is 0 Å². The normalized spacial score (nSPS) is 11.8. The van der Waals surface area contributed by atoms with Crippen LogP contribution in [0.25, 0.3) is 0 Å². The summed E-state index contributed by atoms with van der Waals surface area (Å²) in [5.74, 6) is 0. The van der Waals surface area contributed by atoms with Crippen molar-refractivity contribution in [2.45, 2.75) is 33.1 Å². The molecule has 0 fully saturated rings. The Hall–Kier alpha value is -0.380. The summed E-state index contributed by atoms with van der Waals surface area (Å²) >= 11 is 3.47. The third-order valence-corrected chi connectivity index (χ3v) is 3.99. The van der Waals surface area contributed by atoms with Gasteiger partial charge in [-0.2, -0.15) is 0 Å². The summed E-state index contributed by atoms with van der Waals surface area (Å²) in [5, 5.41) is 3.42. The number of aryl methyl sites for hydroxylation is 1. The molecule has 0 radical (unpaired) electrons. The number of rotatable bonds is 9. The highest BCUT2D eigenvalue weighted by molar-refractivity contribution is 9.10. The van der Waals surface area contributed by atoms with Crippen LogP contribution in [0.2, 0.25) is 0 Å². The van der Waals surface area contributed by atoms with Crippen LogP contribution in [0, 0.1) is 5.41 Å². The number of methoxy groups -OCH3 is 1. The Morgan fingerprint density at radius 1 is 1.11 bits per heavy atom. The second kappa shape index (κ2) is 8.72. The smallest absolute Gasteiger partial charge is 0.0587 e. The van der Waals surface area contributed by atoms with Gasteiger partial charge < -0.3 is 10.1 Å². The van der Waals surface area contributed by atoms with Gasteiger partial charge in [0.15, 0.2) is 0 Å². The Kier molecular flexibility index (Phi) is 7.66. The Morgan fingerprint density at radius 2 is 1.79 bits per heavy atom. The third kappa shape index (κ3) is 7.71. The summed E-state index contributed by atoms with van der Waals surface area (Å²) in [7, 11) is 1.74. The molecular formula is C16H26BrNO. The first kappa shape index (κ1) is 16.7. The van der Waals surface area contributed by atoms with Crippen molar-refractivity contribution in [2.24, 2.45) is 5.41 Å². The van der Waals surface area contributed by atoms with E-state index in [4.69, 9.17) is 4.74 Å². The molecule has 0 spiro atoms. The minimum Gasteiger partial charge on any atom is -0.383 e. The topological polar surface area (TPSA) is 21.3 Å². The molecule has 1 aromatic rings. The predicted octanol–water partition coefficient (Wildman–Crippen LogP) is 4.03. The van der Waals surface area contributed by atoms with Crippen LogP contribution < -0.4 is 5.32 Å². The van der Waals surface area contributed by atoms with E-state index in [2.05, 4.69) is 59.4 Å². The Bertz CT molecular complexity index is 348. The molecule has 0 atom stereocenters. The van der Waals surface area contributed by atoms with Crippen molar-refractivity contribution in [3.05, 3.63) is 34.3 Å². The molecular weight excluding hydrogens is 302 g/mol. The molecule has 2 nitrogen and oxygen atoms in total. The van der Waals surface area contributed by atoms with Crippen LogP contribution in [0.15, 0.2) is 28.7 Å². The van der Waals surface area contributed by atoms with Gasteiger partial charge in [-0.3, -0.25) is 0 Å². The van der Waals surface area contributed by atoms with E-state index in [1.807, 2.05) is 0 Å². The molecule has 0 aliphatic rings. The first-order valence-corrected chi connectivity index (χ1v) is 7.77.